The lowest BCUT2D eigenvalue weighted by molar-refractivity contribution is -0.132. The molecular formula is C16H26N2O2. The number of carbonyl (C=O) groups is 1. The number of nitrogens with one attached hydrogen (secondary N) is 2. The van der Waals surface area contributed by atoms with E-state index in [4.69, 9.17) is 0 Å². The summed E-state index contributed by atoms with van der Waals surface area (Å²) in [6.07, 6.45) is 9.81. The van der Waals surface area contributed by atoms with Crippen LogP contribution in [0.4, 0.5) is 0 Å². The van der Waals surface area contributed by atoms with E-state index >= 15 is 0 Å². The van der Waals surface area contributed by atoms with Gasteiger partial charge in [-0.05, 0) is 30.9 Å². The van der Waals surface area contributed by atoms with Gasteiger partial charge in [0.2, 0.25) is 5.91 Å². The topological polar surface area (TPSA) is 65.1 Å². The van der Waals surface area contributed by atoms with Gasteiger partial charge >= 0.3 is 0 Å². The summed E-state index contributed by atoms with van der Waals surface area (Å²) in [7, 11) is 0. The molecule has 1 heterocycles. The van der Waals surface area contributed by atoms with Gasteiger partial charge in [0.15, 0.2) is 0 Å². The standard InChI is InChI=1S/C16H26N2O2/c19-15(13-7-4-2-1-3-5-8-13)16(20)18-12-10-14-9-6-11-17-14/h6,9,11,13,15,17,19H,1-5,7-8,10,12H2,(H,18,20). The highest BCUT2D eigenvalue weighted by molar-refractivity contribution is 5.80. The molecule has 4 nitrogen and oxygen atoms in total. The molecular weight excluding hydrogens is 252 g/mol. The van der Waals surface area contributed by atoms with Crippen LogP contribution in [0.5, 0.6) is 0 Å². The van der Waals surface area contributed by atoms with Crippen molar-refractivity contribution in [2.24, 2.45) is 5.92 Å². The van der Waals surface area contributed by atoms with E-state index in [-0.39, 0.29) is 11.8 Å². The van der Waals surface area contributed by atoms with Gasteiger partial charge in [0.25, 0.3) is 0 Å². The largest absolute Gasteiger partial charge is 0.383 e. The first-order valence-corrected chi connectivity index (χ1v) is 7.85. The third-order valence-corrected chi connectivity index (χ3v) is 4.22. The molecule has 0 saturated heterocycles. The summed E-state index contributed by atoms with van der Waals surface area (Å²) in [5.74, 6) is -0.0667. The van der Waals surface area contributed by atoms with Crippen molar-refractivity contribution in [1.82, 2.24) is 10.3 Å². The quantitative estimate of drug-likeness (QED) is 0.774. The molecule has 1 amide bonds. The smallest absolute Gasteiger partial charge is 0.249 e. The zero-order valence-electron chi connectivity index (χ0n) is 12.1. The minimum absolute atomic E-state index is 0.140. The average Bonchev–Trinajstić information content (AvgIpc) is 2.90. The summed E-state index contributed by atoms with van der Waals surface area (Å²) >= 11 is 0. The van der Waals surface area contributed by atoms with Crippen LogP contribution in [-0.4, -0.2) is 28.6 Å². The Kier molecular flexibility index (Phi) is 6.12. The van der Waals surface area contributed by atoms with Crippen LogP contribution in [-0.2, 0) is 11.2 Å². The van der Waals surface area contributed by atoms with Gasteiger partial charge in [-0.25, -0.2) is 0 Å². The predicted molar refractivity (Wildman–Crippen MR) is 79.3 cm³/mol. The van der Waals surface area contributed by atoms with Crippen molar-refractivity contribution in [1.29, 1.82) is 0 Å². The number of aliphatic hydroxyl groups excluding tert-OH is 1. The number of amides is 1. The molecule has 1 fully saturated rings. The molecule has 4 heteroatoms. The van der Waals surface area contributed by atoms with Gasteiger partial charge < -0.3 is 15.4 Å². The zero-order chi connectivity index (χ0) is 14.2. The second-order valence-electron chi connectivity index (χ2n) is 5.79. The lowest BCUT2D eigenvalue weighted by Crippen LogP contribution is -2.40. The van der Waals surface area contributed by atoms with Crippen LogP contribution in [0, 0.1) is 5.92 Å². The Morgan fingerprint density at radius 3 is 2.65 bits per heavy atom. The first kappa shape index (κ1) is 15.1. The highest BCUT2D eigenvalue weighted by Crippen LogP contribution is 2.25. The van der Waals surface area contributed by atoms with E-state index in [1.165, 1.54) is 19.3 Å². The molecule has 1 aromatic heterocycles. The molecule has 1 atom stereocenters. The number of hydrogen-bond donors (Lipinski definition) is 3. The minimum Gasteiger partial charge on any atom is -0.383 e. The van der Waals surface area contributed by atoms with Crippen molar-refractivity contribution >= 4 is 5.91 Å². The van der Waals surface area contributed by atoms with E-state index in [0.29, 0.717) is 6.54 Å². The summed E-state index contributed by atoms with van der Waals surface area (Å²) in [6, 6.07) is 3.94. The summed E-state index contributed by atoms with van der Waals surface area (Å²) < 4.78 is 0. The molecule has 1 aliphatic carbocycles. The van der Waals surface area contributed by atoms with Gasteiger partial charge in [-0.1, -0.05) is 32.1 Å². The molecule has 1 aromatic rings. The van der Waals surface area contributed by atoms with E-state index in [2.05, 4.69) is 10.3 Å². The van der Waals surface area contributed by atoms with E-state index in [0.717, 1.165) is 37.8 Å². The normalized spacial score (nSPS) is 19.1. The highest BCUT2D eigenvalue weighted by atomic mass is 16.3. The van der Waals surface area contributed by atoms with Crippen LogP contribution < -0.4 is 5.32 Å². The summed E-state index contributed by atoms with van der Waals surface area (Å²) in [5.41, 5.74) is 1.10. The van der Waals surface area contributed by atoms with Gasteiger partial charge in [-0.3, -0.25) is 4.79 Å². The monoisotopic (exact) mass is 278 g/mol. The van der Waals surface area contributed by atoms with Gasteiger partial charge in [0.05, 0.1) is 0 Å². The fraction of sp³-hybridized carbons (Fsp3) is 0.688. The molecule has 0 radical (unpaired) electrons. The van der Waals surface area contributed by atoms with Gasteiger partial charge in [0, 0.05) is 24.9 Å². The summed E-state index contributed by atoms with van der Waals surface area (Å²) in [4.78, 5) is 15.1. The molecule has 1 unspecified atom stereocenters. The number of carbonyl (C=O) groups excluding carboxylic acids is 1. The maximum atomic E-state index is 12.0. The maximum absolute atomic E-state index is 12.0. The Bertz CT molecular complexity index is 381. The number of aromatic nitrogens is 1. The molecule has 0 bridgehead atoms. The second-order valence-corrected chi connectivity index (χ2v) is 5.79. The number of aliphatic hydroxyl groups is 1. The van der Waals surface area contributed by atoms with Crippen molar-refractivity contribution in [3.8, 4) is 0 Å². The molecule has 1 saturated carbocycles. The summed E-state index contributed by atoms with van der Waals surface area (Å²) in [6.45, 7) is 0.573. The van der Waals surface area contributed by atoms with Gasteiger partial charge in [0.1, 0.15) is 6.10 Å². The van der Waals surface area contributed by atoms with Crippen molar-refractivity contribution in [2.45, 2.75) is 57.5 Å². The maximum Gasteiger partial charge on any atom is 0.249 e. The van der Waals surface area contributed by atoms with Crippen molar-refractivity contribution < 1.29 is 9.90 Å². The lowest BCUT2D eigenvalue weighted by Gasteiger charge is -2.24. The van der Waals surface area contributed by atoms with E-state index in [1.807, 2.05) is 18.3 Å². The SMILES string of the molecule is O=C(NCCc1ccc[nH]1)C(O)C1CCCCCCC1. The average molecular weight is 278 g/mol. The van der Waals surface area contributed by atoms with Crippen LogP contribution >= 0.6 is 0 Å². The Morgan fingerprint density at radius 2 is 2.00 bits per heavy atom. The van der Waals surface area contributed by atoms with Crippen LogP contribution in [0.3, 0.4) is 0 Å². The molecule has 3 N–H and O–H groups in total. The first-order chi connectivity index (χ1) is 9.77. The Morgan fingerprint density at radius 1 is 1.30 bits per heavy atom. The second kappa shape index (κ2) is 8.10. The minimum atomic E-state index is -0.836. The van der Waals surface area contributed by atoms with Crippen molar-refractivity contribution in [3.05, 3.63) is 24.0 Å². The van der Waals surface area contributed by atoms with Crippen molar-refractivity contribution in [2.75, 3.05) is 6.54 Å². The molecule has 1 aliphatic rings. The molecule has 20 heavy (non-hydrogen) atoms. The molecule has 2 rings (SSSR count). The lowest BCUT2D eigenvalue weighted by atomic mass is 9.87. The zero-order valence-corrected chi connectivity index (χ0v) is 12.1. The van der Waals surface area contributed by atoms with Gasteiger partial charge in [-0.2, -0.15) is 0 Å². The van der Waals surface area contributed by atoms with Gasteiger partial charge in [-0.15, -0.1) is 0 Å². The Hall–Kier alpha value is -1.29. The summed E-state index contributed by atoms with van der Waals surface area (Å²) in [5, 5.41) is 13.0. The number of hydrogen-bond acceptors (Lipinski definition) is 2. The third kappa shape index (κ3) is 4.67. The Labute approximate surface area is 121 Å². The van der Waals surface area contributed by atoms with E-state index in [1.54, 1.807) is 0 Å². The van der Waals surface area contributed by atoms with Crippen molar-refractivity contribution in [3.63, 3.8) is 0 Å². The van der Waals surface area contributed by atoms with Crippen LogP contribution in [0.15, 0.2) is 18.3 Å². The fourth-order valence-corrected chi connectivity index (χ4v) is 2.97. The number of aromatic amines is 1. The highest BCUT2D eigenvalue weighted by Gasteiger charge is 2.25. The molecule has 112 valence electrons. The van der Waals surface area contributed by atoms with E-state index in [9.17, 15) is 9.90 Å². The molecule has 0 spiro atoms. The molecule has 0 aliphatic heterocycles. The first-order valence-electron chi connectivity index (χ1n) is 7.85. The molecule has 0 aromatic carbocycles. The van der Waals surface area contributed by atoms with Crippen LogP contribution in [0.1, 0.15) is 50.6 Å². The predicted octanol–water partition coefficient (Wildman–Crippen LogP) is 2.39. The van der Waals surface area contributed by atoms with E-state index < -0.39 is 6.10 Å². The third-order valence-electron chi connectivity index (χ3n) is 4.22. The number of H-pyrrole nitrogens is 1. The number of rotatable bonds is 5. The fourth-order valence-electron chi connectivity index (χ4n) is 2.97. The Balaban J connectivity index is 1.72. The van der Waals surface area contributed by atoms with Crippen LogP contribution in [0.25, 0.3) is 0 Å². The van der Waals surface area contributed by atoms with Crippen LogP contribution in [0.2, 0.25) is 0 Å².